The van der Waals surface area contributed by atoms with Crippen LogP contribution in [0.3, 0.4) is 0 Å². The zero-order valence-electron chi connectivity index (χ0n) is 12.9. The van der Waals surface area contributed by atoms with Crippen molar-refractivity contribution in [2.24, 2.45) is 0 Å². The van der Waals surface area contributed by atoms with Crippen LogP contribution in [-0.4, -0.2) is 39.8 Å². The van der Waals surface area contributed by atoms with E-state index >= 15 is 0 Å². The average Bonchev–Trinajstić information content (AvgIpc) is 3.12. The highest BCUT2D eigenvalue weighted by atomic mass is 16.2. The lowest BCUT2D eigenvalue weighted by Gasteiger charge is -2.22. The van der Waals surface area contributed by atoms with Gasteiger partial charge in [0.05, 0.1) is 17.8 Å². The Morgan fingerprint density at radius 2 is 2.05 bits per heavy atom. The molecule has 0 spiro atoms. The molecule has 2 amide bonds. The molecule has 0 radical (unpaired) electrons. The number of hydrogen-bond donors (Lipinski definition) is 1. The van der Waals surface area contributed by atoms with Crippen molar-refractivity contribution in [2.45, 2.75) is 57.0 Å². The molecule has 6 nitrogen and oxygen atoms in total. The minimum absolute atomic E-state index is 0.0575. The van der Waals surface area contributed by atoms with Gasteiger partial charge in [-0.15, -0.1) is 0 Å². The van der Waals surface area contributed by atoms with E-state index in [9.17, 15) is 4.79 Å². The van der Waals surface area contributed by atoms with Crippen molar-refractivity contribution in [3.8, 4) is 6.07 Å². The summed E-state index contributed by atoms with van der Waals surface area (Å²) in [5.74, 6) is 0. The Kier molecular flexibility index (Phi) is 4.62. The highest BCUT2D eigenvalue weighted by molar-refractivity contribution is 5.74. The Balaban J connectivity index is 1.53. The van der Waals surface area contributed by atoms with Gasteiger partial charge in [0.25, 0.3) is 0 Å². The fourth-order valence-electron chi connectivity index (χ4n) is 3.43. The number of carbonyl (C=O) groups is 1. The van der Waals surface area contributed by atoms with Crippen LogP contribution in [0.1, 0.15) is 56.6 Å². The van der Waals surface area contributed by atoms with Crippen LogP contribution in [-0.2, 0) is 0 Å². The van der Waals surface area contributed by atoms with E-state index in [1.807, 2.05) is 9.58 Å². The summed E-state index contributed by atoms with van der Waals surface area (Å²) in [5, 5.41) is 16.3. The van der Waals surface area contributed by atoms with Crippen LogP contribution in [0.5, 0.6) is 0 Å². The van der Waals surface area contributed by atoms with Crippen LogP contribution in [0.2, 0.25) is 0 Å². The largest absolute Gasteiger partial charge is 0.335 e. The summed E-state index contributed by atoms with van der Waals surface area (Å²) in [7, 11) is 0. The number of nitriles is 1. The summed E-state index contributed by atoms with van der Waals surface area (Å²) in [6.45, 7) is 1.43. The number of amides is 2. The summed E-state index contributed by atoms with van der Waals surface area (Å²) in [5.41, 5.74) is 0.571. The molecule has 3 rings (SSSR count). The van der Waals surface area contributed by atoms with E-state index in [4.69, 9.17) is 5.26 Å². The Morgan fingerprint density at radius 1 is 1.27 bits per heavy atom. The number of hydrogen-bond acceptors (Lipinski definition) is 3. The summed E-state index contributed by atoms with van der Waals surface area (Å²) in [4.78, 5) is 14.3. The second-order valence-corrected chi connectivity index (χ2v) is 6.35. The van der Waals surface area contributed by atoms with Gasteiger partial charge in [-0.25, -0.2) is 4.79 Å². The molecule has 2 aliphatic rings. The van der Waals surface area contributed by atoms with Gasteiger partial charge in [-0.05, 0) is 19.3 Å². The van der Waals surface area contributed by atoms with E-state index in [1.165, 1.54) is 25.7 Å². The van der Waals surface area contributed by atoms with Gasteiger partial charge < -0.3 is 10.2 Å². The van der Waals surface area contributed by atoms with Crippen LogP contribution in [0.4, 0.5) is 4.79 Å². The third kappa shape index (κ3) is 3.41. The summed E-state index contributed by atoms with van der Waals surface area (Å²) < 4.78 is 1.82. The molecular weight excluding hydrogens is 278 g/mol. The SMILES string of the molecule is N#Cc1cnn(C2CCN(C(=O)NC3CCCCCC3)C2)c1. The summed E-state index contributed by atoms with van der Waals surface area (Å²) in [6.07, 6.45) is 11.5. The summed E-state index contributed by atoms with van der Waals surface area (Å²) in [6, 6.07) is 2.67. The maximum Gasteiger partial charge on any atom is 0.317 e. The van der Waals surface area contributed by atoms with Crippen molar-refractivity contribution in [1.82, 2.24) is 20.0 Å². The second kappa shape index (κ2) is 6.82. The molecule has 1 N–H and O–H groups in total. The van der Waals surface area contributed by atoms with Gasteiger partial charge >= 0.3 is 6.03 Å². The molecule has 2 heterocycles. The Labute approximate surface area is 131 Å². The maximum atomic E-state index is 12.4. The fourth-order valence-corrected chi connectivity index (χ4v) is 3.43. The first kappa shape index (κ1) is 14.9. The number of urea groups is 1. The van der Waals surface area contributed by atoms with Crippen molar-refractivity contribution in [1.29, 1.82) is 5.26 Å². The summed E-state index contributed by atoms with van der Waals surface area (Å²) >= 11 is 0. The van der Waals surface area contributed by atoms with E-state index in [0.717, 1.165) is 25.8 Å². The standard InChI is InChI=1S/C16H23N5O/c17-9-13-10-18-21(11-13)15-7-8-20(12-15)16(22)19-14-5-3-1-2-4-6-14/h10-11,14-15H,1-8,12H2,(H,19,22). The quantitative estimate of drug-likeness (QED) is 0.853. The molecule has 6 heteroatoms. The van der Waals surface area contributed by atoms with E-state index in [-0.39, 0.29) is 12.1 Å². The zero-order chi connectivity index (χ0) is 15.4. The van der Waals surface area contributed by atoms with Gasteiger partial charge in [0.15, 0.2) is 0 Å². The maximum absolute atomic E-state index is 12.4. The molecule has 1 atom stereocenters. The third-order valence-electron chi connectivity index (χ3n) is 4.74. The van der Waals surface area contributed by atoms with Crippen LogP contribution in [0.25, 0.3) is 0 Å². The molecule has 2 fully saturated rings. The normalized spacial score (nSPS) is 23.0. The van der Waals surface area contributed by atoms with Crippen molar-refractivity contribution in [2.75, 3.05) is 13.1 Å². The van der Waals surface area contributed by atoms with Crippen molar-refractivity contribution in [3.05, 3.63) is 18.0 Å². The van der Waals surface area contributed by atoms with Crippen molar-refractivity contribution in [3.63, 3.8) is 0 Å². The number of nitrogens with one attached hydrogen (secondary N) is 1. The molecule has 1 aliphatic heterocycles. The smallest absolute Gasteiger partial charge is 0.317 e. The minimum atomic E-state index is 0.0575. The molecule has 1 aliphatic carbocycles. The highest BCUT2D eigenvalue weighted by Crippen LogP contribution is 2.22. The molecule has 1 unspecified atom stereocenters. The molecule has 1 saturated heterocycles. The van der Waals surface area contributed by atoms with Gasteiger partial charge in [0, 0.05) is 25.3 Å². The monoisotopic (exact) mass is 301 g/mol. The number of rotatable bonds is 2. The zero-order valence-corrected chi connectivity index (χ0v) is 12.9. The van der Waals surface area contributed by atoms with Crippen LogP contribution < -0.4 is 5.32 Å². The molecule has 1 aromatic rings. The molecule has 22 heavy (non-hydrogen) atoms. The predicted molar refractivity (Wildman–Crippen MR) is 82.2 cm³/mol. The first-order valence-electron chi connectivity index (χ1n) is 8.26. The van der Waals surface area contributed by atoms with E-state index in [2.05, 4.69) is 16.5 Å². The third-order valence-corrected chi connectivity index (χ3v) is 4.74. The van der Waals surface area contributed by atoms with Gasteiger partial charge in [-0.1, -0.05) is 25.7 Å². The number of likely N-dealkylation sites (tertiary alicyclic amines) is 1. The number of carbonyl (C=O) groups excluding carboxylic acids is 1. The van der Waals surface area contributed by atoms with Crippen LogP contribution in [0.15, 0.2) is 12.4 Å². The van der Waals surface area contributed by atoms with Crippen LogP contribution in [0, 0.1) is 11.3 Å². The van der Waals surface area contributed by atoms with Gasteiger partial charge in [-0.3, -0.25) is 4.68 Å². The highest BCUT2D eigenvalue weighted by Gasteiger charge is 2.29. The molecular formula is C16H23N5O. The topological polar surface area (TPSA) is 74.0 Å². The lowest BCUT2D eigenvalue weighted by molar-refractivity contribution is 0.201. The minimum Gasteiger partial charge on any atom is -0.335 e. The van der Waals surface area contributed by atoms with Gasteiger partial charge in [0.2, 0.25) is 0 Å². The lowest BCUT2D eigenvalue weighted by Crippen LogP contribution is -2.43. The Bertz CT molecular complexity index is 553. The lowest BCUT2D eigenvalue weighted by atomic mass is 10.1. The predicted octanol–water partition coefficient (Wildman–Crippen LogP) is 2.43. The number of nitrogens with zero attached hydrogens (tertiary/aromatic N) is 4. The fraction of sp³-hybridized carbons (Fsp3) is 0.688. The van der Waals surface area contributed by atoms with Crippen molar-refractivity contribution >= 4 is 6.03 Å². The number of aromatic nitrogens is 2. The second-order valence-electron chi connectivity index (χ2n) is 6.35. The van der Waals surface area contributed by atoms with Crippen LogP contribution >= 0.6 is 0 Å². The molecule has 1 saturated carbocycles. The van der Waals surface area contributed by atoms with E-state index in [1.54, 1.807) is 12.4 Å². The van der Waals surface area contributed by atoms with Gasteiger partial charge in [-0.2, -0.15) is 10.4 Å². The molecule has 118 valence electrons. The molecule has 0 bridgehead atoms. The average molecular weight is 301 g/mol. The van der Waals surface area contributed by atoms with Crippen molar-refractivity contribution < 1.29 is 4.79 Å². The molecule has 0 aromatic carbocycles. The van der Waals surface area contributed by atoms with E-state index < -0.39 is 0 Å². The Hall–Kier alpha value is -2.03. The molecule has 1 aromatic heterocycles. The van der Waals surface area contributed by atoms with Gasteiger partial charge in [0.1, 0.15) is 6.07 Å². The Morgan fingerprint density at radius 3 is 2.73 bits per heavy atom. The first-order valence-corrected chi connectivity index (χ1v) is 8.26. The van der Waals surface area contributed by atoms with E-state index in [0.29, 0.717) is 18.2 Å². The first-order chi connectivity index (χ1) is 10.8.